The summed E-state index contributed by atoms with van der Waals surface area (Å²) in [5, 5.41) is 0. The fourth-order valence-electron chi connectivity index (χ4n) is 1.21. The molecule has 0 bridgehead atoms. The third-order valence-electron chi connectivity index (χ3n) is 1.95. The quantitative estimate of drug-likeness (QED) is 0.586. The molecule has 0 N–H and O–H groups in total. The molecule has 0 atom stereocenters. The minimum Gasteiger partial charge on any atom is -0.298 e. The van der Waals surface area contributed by atoms with Gasteiger partial charge in [-0.15, -0.1) is 11.6 Å². The van der Waals surface area contributed by atoms with Gasteiger partial charge in [0.2, 0.25) is 0 Å². The Bertz CT molecular complexity index is 440. The van der Waals surface area contributed by atoms with Gasteiger partial charge < -0.3 is 0 Å². The van der Waals surface area contributed by atoms with Crippen LogP contribution in [0.5, 0.6) is 0 Å². The zero-order chi connectivity index (χ0) is 11.3. The molecule has 0 spiro atoms. The lowest BCUT2D eigenvalue weighted by Crippen LogP contribution is -2.11. The molecule has 0 aliphatic rings. The first kappa shape index (κ1) is 12.2. The van der Waals surface area contributed by atoms with E-state index in [0.717, 1.165) is 0 Å². The molecule has 0 aromatic heterocycles. The highest BCUT2D eigenvalue weighted by atomic mass is 35.5. The average Bonchev–Trinajstić information content (AvgIpc) is 2.17. The summed E-state index contributed by atoms with van der Waals surface area (Å²) >= 11 is 5.38. The normalized spacial score (nSPS) is 11.3. The van der Waals surface area contributed by atoms with E-state index in [4.69, 9.17) is 11.6 Å². The fraction of sp³-hybridized carbons (Fsp3) is 0.300. The van der Waals surface area contributed by atoms with Crippen molar-refractivity contribution in [3.05, 3.63) is 35.4 Å². The summed E-state index contributed by atoms with van der Waals surface area (Å²) in [5.41, 5.74) is 0.938. The summed E-state index contributed by atoms with van der Waals surface area (Å²) < 4.78 is 22.9. The van der Waals surface area contributed by atoms with Crippen molar-refractivity contribution in [1.29, 1.82) is 0 Å². The lowest BCUT2D eigenvalue weighted by atomic mass is 10.1. The van der Waals surface area contributed by atoms with E-state index in [1.807, 2.05) is 0 Å². The van der Waals surface area contributed by atoms with Gasteiger partial charge in [-0.2, -0.15) is 0 Å². The number of benzene rings is 1. The van der Waals surface area contributed by atoms with Gasteiger partial charge in [0.05, 0.1) is 11.5 Å². The van der Waals surface area contributed by atoms with E-state index in [1.165, 1.54) is 0 Å². The van der Waals surface area contributed by atoms with Gasteiger partial charge in [0.1, 0.15) is 6.29 Å². The second-order valence-corrected chi connectivity index (χ2v) is 5.66. The first-order chi connectivity index (χ1) is 7.09. The highest BCUT2D eigenvalue weighted by Crippen LogP contribution is 2.11. The number of alkyl halides is 1. The van der Waals surface area contributed by atoms with Gasteiger partial charge in [-0.05, 0) is 5.56 Å². The molecule has 0 heterocycles. The Morgan fingerprint density at radius 3 is 2.53 bits per heavy atom. The predicted octanol–water partition coefficient (Wildman–Crippen LogP) is 1.65. The van der Waals surface area contributed by atoms with E-state index in [0.29, 0.717) is 17.4 Å². The summed E-state index contributed by atoms with van der Waals surface area (Å²) in [4.78, 5) is 10.7. The second-order valence-electron chi connectivity index (χ2n) is 3.10. The average molecular weight is 247 g/mol. The summed E-state index contributed by atoms with van der Waals surface area (Å²) in [6.07, 6.45) is 0.658. The molecule has 0 fully saturated rings. The topological polar surface area (TPSA) is 51.2 Å². The Kier molecular flexibility index (Phi) is 4.29. The molecule has 0 radical (unpaired) electrons. The number of sulfone groups is 1. The Balaban J connectivity index is 2.94. The molecule has 0 saturated carbocycles. The summed E-state index contributed by atoms with van der Waals surface area (Å²) in [5.74, 6) is -0.123. The number of halogens is 1. The molecule has 0 unspecified atom stereocenters. The molecule has 0 amide bonds. The van der Waals surface area contributed by atoms with Crippen molar-refractivity contribution < 1.29 is 13.2 Å². The van der Waals surface area contributed by atoms with E-state index < -0.39 is 9.84 Å². The van der Waals surface area contributed by atoms with E-state index in [2.05, 4.69) is 0 Å². The zero-order valence-corrected chi connectivity index (χ0v) is 9.59. The highest BCUT2D eigenvalue weighted by Gasteiger charge is 2.13. The van der Waals surface area contributed by atoms with Crippen LogP contribution in [0.25, 0.3) is 0 Å². The second kappa shape index (κ2) is 5.28. The van der Waals surface area contributed by atoms with Crippen LogP contribution in [0.15, 0.2) is 24.3 Å². The first-order valence-corrected chi connectivity index (χ1v) is 6.74. The molecule has 1 aromatic carbocycles. The fourth-order valence-corrected chi connectivity index (χ4v) is 3.03. The van der Waals surface area contributed by atoms with Crippen LogP contribution in [0.3, 0.4) is 0 Å². The molecule has 1 aromatic rings. The number of rotatable bonds is 5. The smallest absolute Gasteiger partial charge is 0.155 e. The van der Waals surface area contributed by atoms with Gasteiger partial charge >= 0.3 is 0 Å². The summed E-state index contributed by atoms with van der Waals surface area (Å²) in [6.45, 7) is 0. The van der Waals surface area contributed by atoms with E-state index in [-0.39, 0.29) is 17.4 Å². The van der Waals surface area contributed by atoms with Crippen LogP contribution in [-0.4, -0.2) is 26.3 Å². The van der Waals surface area contributed by atoms with Crippen LogP contribution >= 0.6 is 11.6 Å². The number of hydrogen-bond donors (Lipinski definition) is 0. The molecule has 15 heavy (non-hydrogen) atoms. The van der Waals surface area contributed by atoms with Crippen LogP contribution in [0.2, 0.25) is 0 Å². The van der Waals surface area contributed by atoms with Gasteiger partial charge in [-0.3, -0.25) is 4.79 Å². The van der Waals surface area contributed by atoms with Gasteiger partial charge in [0.25, 0.3) is 0 Å². The van der Waals surface area contributed by atoms with Crippen molar-refractivity contribution in [3.8, 4) is 0 Å². The molecule has 5 heteroatoms. The molecule has 0 aliphatic carbocycles. The molecule has 0 saturated heterocycles. The van der Waals surface area contributed by atoms with Crippen molar-refractivity contribution in [2.75, 3.05) is 11.6 Å². The molecule has 82 valence electrons. The van der Waals surface area contributed by atoms with Crippen LogP contribution in [-0.2, 0) is 15.6 Å². The van der Waals surface area contributed by atoms with Crippen LogP contribution < -0.4 is 0 Å². The Hall–Kier alpha value is -0.870. The van der Waals surface area contributed by atoms with Gasteiger partial charge in [0, 0.05) is 11.4 Å². The van der Waals surface area contributed by atoms with Crippen LogP contribution in [0, 0.1) is 0 Å². The minimum absolute atomic E-state index is 0.0677. The third-order valence-corrected chi connectivity index (χ3v) is 3.94. The Morgan fingerprint density at radius 1 is 1.27 bits per heavy atom. The number of hydrogen-bond acceptors (Lipinski definition) is 3. The SMILES string of the molecule is O=Cc1ccccc1CS(=O)(=O)CCCl. The van der Waals surface area contributed by atoms with Gasteiger partial charge in [-0.1, -0.05) is 24.3 Å². The van der Waals surface area contributed by atoms with Crippen molar-refractivity contribution in [1.82, 2.24) is 0 Å². The number of carbonyl (C=O) groups is 1. The summed E-state index contributed by atoms with van der Waals surface area (Å²) in [7, 11) is -3.21. The van der Waals surface area contributed by atoms with Crippen LogP contribution in [0.1, 0.15) is 15.9 Å². The Morgan fingerprint density at radius 2 is 1.93 bits per heavy atom. The monoisotopic (exact) mass is 246 g/mol. The van der Waals surface area contributed by atoms with Gasteiger partial charge in [0.15, 0.2) is 9.84 Å². The van der Waals surface area contributed by atoms with E-state index >= 15 is 0 Å². The molecular weight excluding hydrogens is 236 g/mol. The number of aldehydes is 1. The van der Waals surface area contributed by atoms with E-state index in [1.54, 1.807) is 24.3 Å². The third kappa shape index (κ3) is 3.64. The number of carbonyl (C=O) groups excluding carboxylic acids is 1. The van der Waals surface area contributed by atoms with Crippen molar-refractivity contribution >= 4 is 27.7 Å². The highest BCUT2D eigenvalue weighted by molar-refractivity contribution is 7.90. The van der Waals surface area contributed by atoms with Crippen molar-refractivity contribution in [2.45, 2.75) is 5.75 Å². The lowest BCUT2D eigenvalue weighted by Gasteiger charge is -2.04. The molecule has 0 aliphatic heterocycles. The first-order valence-electron chi connectivity index (χ1n) is 4.38. The maximum Gasteiger partial charge on any atom is 0.155 e. The predicted molar refractivity (Wildman–Crippen MR) is 60.0 cm³/mol. The van der Waals surface area contributed by atoms with E-state index in [9.17, 15) is 13.2 Å². The summed E-state index contributed by atoms with van der Waals surface area (Å²) in [6, 6.07) is 6.63. The lowest BCUT2D eigenvalue weighted by molar-refractivity contribution is 0.112. The maximum atomic E-state index is 11.5. The van der Waals surface area contributed by atoms with Crippen molar-refractivity contribution in [3.63, 3.8) is 0 Å². The molecule has 3 nitrogen and oxygen atoms in total. The molecule has 1 rings (SSSR count). The minimum atomic E-state index is -3.21. The Labute approximate surface area is 94.0 Å². The maximum absolute atomic E-state index is 11.5. The molecular formula is C10H11ClO3S. The standard InChI is InChI=1S/C10H11ClO3S/c11-5-6-15(13,14)8-10-4-2-1-3-9(10)7-12/h1-4,7H,5-6,8H2. The van der Waals surface area contributed by atoms with Gasteiger partial charge in [-0.25, -0.2) is 8.42 Å². The largest absolute Gasteiger partial charge is 0.298 e. The zero-order valence-electron chi connectivity index (χ0n) is 8.02. The van der Waals surface area contributed by atoms with Crippen LogP contribution in [0.4, 0.5) is 0 Å². The van der Waals surface area contributed by atoms with Crippen molar-refractivity contribution in [2.24, 2.45) is 0 Å².